The number of nitrogens with one attached hydrogen (secondary N) is 1. The highest BCUT2D eigenvalue weighted by Crippen LogP contribution is 2.34. The van der Waals surface area contributed by atoms with E-state index in [2.05, 4.69) is 10.3 Å². The molecule has 1 aliphatic heterocycles. The minimum Gasteiger partial charge on any atom is -0.494 e. The van der Waals surface area contributed by atoms with Crippen molar-refractivity contribution >= 4 is 57.5 Å². The van der Waals surface area contributed by atoms with Crippen LogP contribution in [0.2, 0.25) is 5.02 Å². The van der Waals surface area contributed by atoms with Gasteiger partial charge in [0.05, 0.1) is 12.0 Å². The third-order valence-electron chi connectivity index (χ3n) is 2.83. The van der Waals surface area contributed by atoms with Gasteiger partial charge in [0.1, 0.15) is 11.4 Å². The Labute approximate surface area is 140 Å². The van der Waals surface area contributed by atoms with Crippen molar-refractivity contribution in [3.05, 3.63) is 50.5 Å². The van der Waals surface area contributed by atoms with E-state index in [1.807, 2.05) is 23.6 Å². The molecule has 1 saturated heterocycles. The zero-order chi connectivity index (χ0) is 15.5. The summed E-state index contributed by atoms with van der Waals surface area (Å²) in [6.07, 6.45) is 1.85. The second-order valence-electron chi connectivity index (χ2n) is 4.31. The number of carbonyl (C=O) groups excluding carboxylic acids is 1. The van der Waals surface area contributed by atoms with Crippen molar-refractivity contribution in [1.29, 1.82) is 0 Å². The average molecular weight is 351 g/mol. The molecule has 0 unspecified atom stereocenters. The monoisotopic (exact) mass is 350 g/mol. The Hall–Kier alpha value is -1.76. The lowest BCUT2D eigenvalue weighted by molar-refractivity contribution is -0.115. The second kappa shape index (κ2) is 6.56. The molecule has 0 bridgehead atoms. The predicted octanol–water partition coefficient (Wildman–Crippen LogP) is 4.30. The molecule has 4 nitrogen and oxygen atoms in total. The molecule has 0 aliphatic carbocycles. The fourth-order valence-electron chi connectivity index (χ4n) is 1.84. The summed E-state index contributed by atoms with van der Waals surface area (Å²) < 4.78 is 5.25. The van der Waals surface area contributed by atoms with Crippen LogP contribution in [-0.2, 0) is 4.79 Å². The van der Waals surface area contributed by atoms with Gasteiger partial charge in [0.25, 0.3) is 5.91 Å². The number of hydrogen-bond donors (Lipinski definition) is 1. The van der Waals surface area contributed by atoms with Crippen molar-refractivity contribution in [2.45, 2.75) is 0 Å². The molecule has 0 saturated carbocycles. The summed E-state index contributed by atoms with van der Waals surface area (Å²) in [4.78, 5) is 18.0. The number of nitrogens with zero attached hydrogens (tertiary/aromatic N) is 1. The zero-order valence-corrected chi connectivity index (χ0v) is 13.9. The predicted molar refractivity (Wildman–Crippen MR) is 93.1 cm³/mol. The van der Waals surface area contributed by atoms with Crippen LogP contribution in [0, 0.1) is 0 Å². The Bertz CT molecular complexity index is 770. The molecule has 1 fully saturated rings. The van der Waals surface area contributed by atoms with E-state index in [0.29, 0.717) is 26.5 Å². The number of halogens is 1. The number of rotatable bonds is 3. The largest absolute Gasteiger partial charge is 0.494 e. The average Bonchev–Trinajstić information content (AvgIpc) is 3.10. The van der Waals surface area contributed by atoms with Gasteiger partial charge in [0.15, 0.2) is 5.17 Å². The highest BCUT2D eigenvalue weighted by Gasteiger charge is 2.24. The summed E-state index contributed by atoms with van der Waals surface area (Å²) in [6.45, 7) is 0. The summed E-state index contributed by atoms with van der Waals surface area (Å²) in [7, 11) is 1.56. The molecule has 22 heavy (non-hydrogen) atoms. The number of amides is 1. The maximum Gasteiger partial charge on any atom is 0.264 e. The molecule has 0 radical (unpaired) electrons. The number of methoxy groups -OCH3 is 1. The van der Waals surface area contributed by atoms with Crippen LogP contribution in [0.25, 0.3) is 6.08 Å². The normalized spacial score (nSPS) is 18.0. The molecule has 2 aromatic rings. The van der Waals surface area contributed by atoms with E-state index in [4.69, 9.17) is 16.3 Å². The summed E-state index contributed by atoms with van der Waals surface area (Å²) in [6, 6.07) is 9.07. The Morgan fingerprint density at radius 2 is 2.23 bits per heavy atom. The fourth-order valence-corrected chi connectivity index (χ4v) is 3.57. The van der Waals surface area contributed by atoms with E-state index >= 15 is 0 Å². The molecule has 0 atom stereocenters. The topological polar surface area (TPSA) is 50.7 Å². The Balaban J connectivity index is 1.88. The SMILES string of the molecule is COc1ccc(Cl)cc1N=C1NC(=O)/C(=C/c2cccs2)S1. The maximum atomic E-state index is 12.0. The molecule has 0 spiro atoms. The van der Waals surface area contributed by atoms with Crippen LogP contribution in [0.15, 0.2) is 45.6 Å². The Kier molecular flexibility index (Phi) is 4.52. The van der Waals surface area contributed by atoms with Crippen LogP contribution in [-0.4, -0.2) is 18.2 Å². The number of amidine groups is 1. The highest BCUT2D eigenvalue weighted by molar-refractivity contribution is 8.18. The number of ether oxygens (including phenoxy) is 1. The lowest BCUT2D eigenvalue weighted by atomic mass is 10.3. The molecule has 1 aliphatic rings. The fraction of sp³-hybridized carbons (Fsp3) is 0.0667. The molecule has 7 heteroatoms. The first kappa shape index (κ1) is 15.1. The van der Waals surface area contributed by atoms with Crippen LogP contribution in [0.3, 0.4) is 0 Å². The summed E-state index contributed by atoms with van der Waals surface area (Å²) in [5.41, 5.74) is 0.579. The molecule has 112 valence electrons. The highest BCUT2D eigenvalue weighted by atomic mass is 35.5. The molecule has 3 rings (SSSR count). The van der Waals surface area contributed by atoms with E-state index in [0.717, 1.165) is 4.88 Å². The standard InChI is InChI=1S/C15H11ClN2O2S2/c1-20-12-5-4-9(16)7-11(12)17-15-18-14(19)13(22-15)8-10-3-2-6-21-10/h2-8H,1H3,(H,17,18,19)/b13-8-. The lowest BCUT2D eigenvalue weighted by Gasteiger charge is -2.04. The van der Waals surface area contributed by atoms with E-state index < -0.39 is 0 Å². The first-order chi connectivity index (χ1) is 10.7. The first-order valence-electron chi connectivity index (χ1n) is 6.32. The van der Waals surface area contributed by atoms with Crippen molar-refractivity contribution in [2.24, 2.45) is 4.99 Å². The number of thiophene rings is 1. The Morgan fingerprint density at radius 1 is 1.36 bits per heavy atom. The number of hydrogen-bond acceptors (Lipinski definition) is 5. The van der Waals surface area contributed by atoms with Crippen molar-refractivity contribution < 1.29 is 9.53 Å². The van der Waals surface area contributed by atoms with Gasteiger partial charge in [-0.15, -0.1) is 11.3 Å². The number of carbonyl (C=O) groups is 1. The van der Waals surface area contributed by atoms with Gasteiger partial charge in [-0.25, -0.2) is 4.99 Å². The Morgan fingerprint density at radius 3 is 2.95 bits per heavy atom. The first-order valence-corrected chi connectivity index (χ1v) is 8.40. The minimum absolute atomic E-state index is 0.154. The number of benzene rings is 1. The van der Waals surface area contributed by atoms with Gasteiger partial charge in [-0.1, -0.05) is 17.7 Å². The third-order valence-corrected chi connectivity index (χ3v) is 4.79. The van der Waals surface area contributed by atoms with Gasteiger partial charge < -0.3 is 10.1 Å². The van der Waals surface area contributed by atoms with Gasteiger partial charge in [-0.05, 0) is 47.5 Å². The number of thioether (sulfide) groups is 1. The lowest BCUT2D eigenvalue weighted by Crippen LogP contribution is -2.19. The molecule has 1 aromatic heterocycles. The van der Waals surface area contributed by atoms with Crippen molar-refractivity contribution in [1.82, 2.24) is 5.32 Å². The van der Waals surface area contributed by atoms with Crippen LogP contribution in [0.5, 0.6) is 5.75 Å². The van der Waals surface area contributed by atoms with Gasteiger partial charge in [0.2, 0.25) is 0 Å². The summed E-state index contributed by atoms with van der Waals surface area (Å²) in [5.74, 6) is 0.445. The molecule has 2 heterocycles. The zero-order valence-electron chi connectivity index (χ0n) is 11.5. The van der Waals surface area contributed by atoms with E-state index in [1.165, 1.54) is 11.8 Å². The molecular weight excluding hydrogens is 340 g/mol. The van der Waals surface area contributed by atoms with Crippen LogP contribution < -0.4 is 10.1 Å². The van der Waals surface area contributed by atoms with Gasteiger partial charge in [-0.3, -0.25) is 4.79 Å². The van der Waals surface area contributed by atoms with E-state index in [9.17, 15) is 4.79 Å². The molecule has 1 amide bonds. The van der Waals surface area contributed by atoms with E-state index in [1.54, 1.807) is 36.6 Å². The second-order valence-corrected chi connectivity index (χ2v) is 6.76. The van der Waals surface area contributed by atoms with Gasteiger partial charge >= 0.3 is 0 Å². The van der Waals surface area contributed by atoms with Crippen molar-refractivity contribution in [2.75, 3.05) is 7.11 Å². The maximum absolute atomic E-state index is 12.0. The van der Waals surface area contributed by atoms with Crippen molar-refractivity contribution in [3.8, 4) is 5.75 Å². The number of aliphatic imine (C=N–C) groups is 1. The quantitative estimate of drug-likeness (QED) is 0.839. The van der Waals surface area contributed by atoms with Gasteiger partial charge in [0, 0.05) is 9.90 Å². The minimum atomic E-state index is -0.154. The van der Waals surface area contributed by atoms with Gasteiger partial charge in [-0.2, -0.15) is 0 Å². The molecular formula is C15H11ClN2O2S2. The van der Waals surface area contributed by atoms with Crippen molar-refractivity contribution in [3.63, 3.8) is 0 Å². The third kappa shape index (κ3) is 3.35. The van der Waals surface area contributed by atoms with Crippen LogP contribution >= 0.6 is 34.7 Å². The smallest absolute Gasteiger partial charge is 0.264 e. The van der Waals surface area contributed by atoms with Crippen LogP contribution in [0.1, 0.15) is 4.88 Å². The van der Waals surface area contributed by atoms with E-state index in [-0.39, 0.29) is 5.91 Å². The molecule has 1 N–H and O–H groups in total. The van der Waals surface area contributed by atoms with Crippen LogP contribution in [0.4, 0.5) is 5.69 Å². The summed E-state index contributed by atoms with van der Waals surface area (Å²) >= 11 is 8.86. The molecule has 1 aromatic carbocycles. The summed E-state index contributed by atoms with van der Waals surface area (Å²) in [5, 5.41) is 5.78.